The van der Waals surface area contributed by atoms with Crippen LogP contribution in [-0.2, 0) is 47.6 Å². The number of carbonyl (C=O) groups excluding carboxylic acids is 3. The molecule has 0 fully saturated rings. The van der Waals surface area contributed by atoms with E-state index in [0.717, 1.165) is 4.57 Å². The van der Waals surface area contributed by atoms with E-state index in [1.54, 1.807) is 55.5 Å². The molecule has 330 valence electrons. The van der Waals surface area contributed by atoms with Crippen LogP contribution in [0.15, 0.2) is 48.5 Å². The van der Waals surface area contributed by atoms with Gasteiger partial charge >= 0.3 is 24.0 Å². The number of hydrogen-bond acceptors (Lipinski definition) is 15. The number of aromatic amines is 1. The zero-order valence-electron chi connectivity index (χ0n) is 32.4. The summed E-state index contributed by atoms with van der Waals surface area (Å²) in [4.78, 5) is 72.6. The van der Waals surface area contributed by atoms with Crippen molar-refractivity contribution in [2.45, 2.75) is 83.0 Å². The highest BCUT2D eigenvalue weighted by molar-refractivity contribution is 5.97. The van der Waals surface area contributed by atoms with Crippen LogP contribution < -0.4 is 5.32 Å². The van der Waals surface area contributed by atoms with Crippen LogP contribution >= 0.6 is 0 Å². The van der Waals surface area contributed by atoms with Crippen LogP contribution in [-0.4, -0.2) is 96.8 Å². The minimum atomic E-state index is -6.20. The van der Waals surface area contributed by atoms with Crippen LogP contribution in [0.3, 0.4) is 0 Å². The fourth-order valence-corrected chi connectivity index (χ4v) is 5.80. The van der Waals surface area contributed by atoms with Crippen molar-refractivity contribution < 1.29 is 65.7 Å². The monoisotopic (exact) mass is 869 g/mol. The number of aromatic nitrogens is 6. The molecule has 2 aromatic heterocycles. The van der Waals surface area contributed by atoms with E-state index in [9.17, 15) is 47.8 Å². The molecule has 4 rings (SSSR count). The second-order valence-electron chi connectivity index (χ2n) is 13.1. The van der Waals surface area contributed by atoms with Gasteiger partial charge in [-0.2, -0.15) is 27.2 Å². The number of esters is 2. The number of halogens is 5. The Morgan fingerprint density at radius 2 is 1.48 bits per heavy atom. The highest BCUT2D eigenvalue weighted by Gasteiger charge is 2.62. The molecule has 0 radical (unpaired) electrons. The summed E-state index contributed by atoms with van der Waals surface area (Å²) < 4.78 is 83.7. The van der Waals surface area contributed by atoms with Gasteiger partial charge in [-0.25, -0.2) is 9.78 Å². The van der Waals surface area contributed by atoms with Crippen molar-refractivity contribution in [3.8, 4) is 22.5 Å². The Bertz CT molecular complexity index is 2100. The standard InChI is InChI=1S/C36H40F5N9O11/c1-2-9-28-43-31(35(37,38)36(39,40)41)30(48(28)22-23-12-14-24(15-13-23)25-10-3-4-11-26(25)32-44-46-47-45-32)33(52)42-27(34(53)59-19-6-8-21-61-50(56)57)16-17-29(51)58-18-5-7-20-60-49(54)55/h3-4,10-15,27H,2,5-9,16-22H2,1H3,(H,42,52)(H,44,45,46,47). The summed E-state index contributed by atoms with van der Waals surface area (Å²) in [6, 6.07) is 11.7. The Labute approximate surface area is 342 Å². The molecule has 0 aliphatic heterocycles. The Morgan fingerprint density at radius 1 is 0.869 bits per heavy atom. The third-order valence-electron chi connectivity index (χ3n) is 8.71. The number of benzene rings is 2. The van der Waals surface area contributed by atoms with Crippen molar-refractivity contribution >= 4 is 17.8 Å². The van der Waals surface area contributed by atoms with E-state index in [1.165, 1.54) is 0 Å². The predicted octanol–water partition coefficient (Wildman–Crippen LogP) is 5.33. The average Bonchev–Trinajstić information content (AvgIpc) is 3.88. The number of H-pyrrole nitrogens is 1. The average molecular weight is 870 g/mol. The largest absolute Gasteiger partial charge is 0.466 e. The maximum absolute atomic E-state index is 15.3. The van der Waals surface area contributed by atoms with Crippen molar-refractivity contribution in [3.05, 3.63) is 91.5 Å². The van der Waals surface area contributed by atoms with Gasteiger partial charge in [0.2, 0.25) is 5.82 Å². The molecule has 2 N–H and O–H groups in total. The minimum absolute atomic E-state index is 0.0268. The maximum atomic E-state index is 15.3. The minimum Gasteiger partial charge on any atom is -0.466 e. The number of aryl methyl sites for hydroxylation is 1. The van der Waals surface area contributed by atoms with Gasteiger partial charge in [0.25, 0.3) is 16.1 Å². The molecule has 20 nitrogen and oxygen atoms in total. The number of carbonyl (C=O) groups is 3. The third-order valence-corrected chi connectivity index (χ3v) is 8.71. The number of ether oxygens (including phenoxy) is 2. The molecular formula is C36H40F5N9O11. The number of rotatable bonds is 25. The van der Waals surface area contributed by atoms with Gasteiger partial charge in [-0.1, -0.05) is 55.5 Å². The number of hydrogen-bond donors (Lipinski definition) is 2. The van der Waals surface area contributed by atoms with E-state index in [0.29, 0.717) is 28.1 Å². The smallest absolute Gasteiger partial charge is 0.459 e. The van der Waals surface area contributed by atoms with E-state index in [1.807, 2.05) is 0 Å². The number of unbranched alkanes of at least 4 members (excludes halogenated alkanes) is 2. The van der Waals surface area contributed by atoms with E-state index < -0.39 is 76.9 Å². The number of alkyl halides is 5. The molecule has 4 aromatic rings. The lowest BCUT2D eigenvalue weighted by Crippen LogP contribution is -2.44. The first-order chi connectivity index (χ1) is 29.0. The number of imidazole rings is 1. The molecule has 2 heterocycles. The van der Waals surface area contributed by atoms with Gasteiger partial charge in [0, 0.05) is 24.9 Å². The SMILES string of the molecule is CCCc1nc(C(F)(F)C(F)(F)F)c(C(=O)NC(CCC(=O)OCCCCO[N+](=O)[O-])C(=O)OCCCCO[N+](=O)[O-])n1Cc1ccc(-c2ccccc2-c2nn[nH]n2)cc1. The quantitative estimate of drug-likeness (QED) is 0.0281. The molecular weight excluding hydrogens is 829 g/mol. The first-order valence-corrected chi connectivity index (χ1v) is 18.7. The highest BCUT2D eigenvalue weighted by atomic mass is 19.4. The van der Waals surface area contributed by atoms with Gasteiger partial charge in [0.15, 0.2) is 5.69 Å². The summed E-state index contributed by atoms with van der Waals surface area (Å²) in [5.41, 5.74) is -0.800. The molecule has 0 aliphatic rings. The van der Waals surface area contributed by atoms with Crippen LogP contribution in [0.5, 0.6) is 0 Å². The second-order valence-corrected chi connectivity index (χ2v) is 13.1. The molecule has 25 heteroatoms. The van der Waals surface area contributed by atoms with Crippen LogP contribution in [0.4, 0.5) is 22.0 Å². The third kappa shape index (κ3) is 13.3. The summed E-state index contributed by atoms with van der Waals surface area (Å²) in [7, 11) is 0. The van der Waals surface area contributed by atoms with Crippen LogP contribution in [0.25, 0.3) is 22.5 Å². The summed E-state index contributed by atoms with van der Waals surface area (Å²) in [6.07, 6.45) is -6.92. The van der Waals surface area contributed by atoms with Gasteiger partial charge in [0.05, 0.1) is 26.4 Å². The van der Waals surface area contributed by atoms with Gasteiger partial charge in [-0.05, 0) is 60.4 Å². The molecule has 0 saturated heterocycles. The second kappa shape index (κ2) is 22.0. The van der Waals surface area contributed by atoms with Crippen LogP contribution in [0.1, 0.15) is 79.4 Å². The van der Waals surface area contributed by atoms with Crippen LogP contribution in [0, 0.1) is 20.2 Å². The first kappa shape index (κ1) is 46.9. The number of nitrogens with one attached hydrogen (secondary N) is 2. The van der Waals surface area contributed by atoms with E-state index >= 15 is 8.78 Å². The molecule has 0 saturated carbocycles. The maximum Gasteiger partial charge on any atom is 0.459 e. The van der Waals surface area contributed by atoms with Gasteiger partial charge in [-0.15, -0.1) is 30.4 Å². The number of amides is 1. The predicted molar refractivity (Wildman–Crippen MR) is 197 cm³/mol. The van der Waals surface area contributed by atoms with Gasteiger partial charge < -0.3 is 29.0 Å². The van der Waals surface area contributed by atoms with Gasteiger partial charge in [-0.3, -0.25) is 9.59 Å². The Hall–Kier alpha value is -6.82. The van der Waals surface area contributed by atoms with Crippen molar-refractivity contribution in [2.75, 3.05) is 26.4 Å². The number of tetrazole rings is 1. The van der Waals surface area contributed by atoms with E-state index in [4.69, 9.17) is 9.47 Å². The summed E-state index contributed by atoms with van der Waals surface area (Å²) in [5.74, 6) is -9.33. The highest BCUT2D eigenvalue weighted by Crippen LogP contribution is 2.45. The lowest BCUT2D eigenvalue weighted by molar-refractivity contribution is -0.757. The van der Waals surface area contributed by atoms with Crippen LogP contribution in [0.2, 0.25) is 0 Å². The Morgan fingerprint density at radius 3 is 2.05 bits per heavy atom. The molecule has 2 aromatic carbocycles. The Balaban J connectivity index is 1.64. The van der Waals surface area contributed by atoms with Crippen molar-refractivity contribution in [3.63, 3.8) is 0 Å². The fourth-order valence-electron chi connectivity index (χ4n) is 5.80. The normalized spacial score (nSPS) is 12.0. The molecule has 0 bridgehead atoms. The van der Waals surface area contributed by atoms with Crippen molar-refractivity contribution in [2.24, 2.45) is 0 Å². The molecule has 0 spiro atoms. The summed E-state index contributed by atoms with van der Waals surface area (Å²) >= 11 is 0. The summed E-state index contributed by atoms with van der Waals surface area (Å²) in [5, 5.41) is 34.8. The molecule has 61 heavy (non-hydrogen) atoms. The lowest BCUT2D eigenvalue weighted by atomic mass is 9.98. The summed E-state index contributed by atoms with van der Waals surface area (Å²) in [6.45, 7) is -0.0105. The van der Waals surface area contributed by atoms with Crippen molar-refractivity contribution in [1.29, 1.82) is 0 Å². The number of nitrogens with zero attached hydrogens (tertiary/aromatic N) is 7. The lowest BCUT2D eigenvalue weighted by Gasteiger charge is -2.22. The topological polar surface area (TPSA) is 259 Å². The molecule has 1 atom stereocenters. The first-order valence-electron chi connectivity index (χ1n) is 18.7. The fraction of sp³-hybridized carbons (Fsp3) is 0.472. The zero-order chi connectivity index (χ0) is 44.6. The van der Waals surface area contributed by atoms with E-state index in [2.05, 4.69) is 40.6 Å². The molecule has 0 aliphatic carbocycles. The molecule has 1 unspecified atom stereocenters. The van der Waals surface area contributed by atoms with Crippen molar-refractivity contribution in [1.82, 2.24) is 35.5 Å². The van der Waals surface area contributed by atoms with Gasteiger partial charge in [0.1, 0.15) is 17.6 Å². The van der Waals surface area contributed by atoms with E-state index in [-0.39, 0.29) is 70.8 Å². The zero-order valence-corrected chi connectivity index (χ0v) is 32.4. The Kier molecular flexibility index (Phi) is 16.9. The molecule has 1 amide bonds.